The van der Waals surface area contributed by atoms with Crippen molar-refractivity contribution in [3.63, 3.8) is 0 Å². The van der Waals surface area contributed by atoms with Crippen molar-refractivity contribution in [3.05, 3.63) is 59.0 Å². The summed E-state index contributed by atoms with van der Waals surface area (Å²) < 4.78 is 19.7. The summed E-state index contributed by atoms with van der Waals surface area (Å²) in [6.45, 7) is 5.84. The predicted molar refractivity (Wildman–Crippen MR) is 134 cm³/mol. The first-order valence-corrected chi connectivity index (χ1v) is 12.2. The van der Waals surface area contributed by atoms with Crippen molar-refractivity contribution in [2.45, 2.75) is 38.3 Å². The molecule has 2 aliphatic heterocycles. The van der Waals surface area contributed by atoms with E-state index in [-0.39, 0.29) is 29.9 Å². The lowest BCUT2D eigenvalue weighted by molar-refractivity contribution is -0.133. The number of imide groups is 1. The zero-order valence-corrected chi connectivity index (χ0v) is 21.0. The van der Waals surface area contributed by atoms with Crippen molar-refractivity contribution in [1.82, 2.24) is 19.7 Å². The number of nitrogens with zero attached hydrogens (tertiary/aromatic N) is 3. The van der Waals surface area contributed by atoms with Gasteiger partial charge < -0.3 is 19.7 Å². The molecule has 2 N–H and O–H groups in total. The number of rotatable bonds is 7. The highest BCUT2D eigenvalue weighted by atomic mass is 19.1. The number of aromatic hydroxyl groups is 1. The lowest BCUT2D eigenvalue weighted by atomic mass is 9.81. The van der Waals surface area contributed by atoms with E-state index in [2.05, 4.69) is 16.8 Å². The number of benzene rings is 2. The molecule has 2 aliphatic rings. The van der Waals surface area contributed by atoms with Gasteiger partial charge in [-0.2, -0.15) is 0 Å². The SMILES string of the molecule is CCN(C)CCCN1C(=O)N2C(c3cccc(O)c3)c3[nH]c4cc(F)c(OC)cc4c3CC2(C)C1=O. The van der Waals surface area contributed by atoms with Gasteiger partial charge in [0, 0.05) is 35.6 Å². The Bertz CT molecular complexity index is 1360. The van der Waals surface area contributed by atoms with Gasteiger partial charge in [-0.05, 0) is 62.8 Å². The first-order chi connectivity index (χ1) is 17.2. The maximum Gasteiger partial charge on any atom is 0.328 e. The van der Waals surface area contributed by atoms with Crippen LogP contribution in [-0.2, 0) is 11.2 Å². The zero-order valence-electron chi connectivity index (χ0n) is 21.0. The summed E-state index contributed by atoms with van der Waals surface area (Å²) in [5.41, 5.74) is 1.63. The highest BCUT2D eigenvalue weighted by molar-refractivity contribution is 6.08. The molecule has 0 aliphatic carbocycles. The van der Waals surface area contributed by atoms with Crippen LogP contribution in [0.3, 0.4) is 0 Å². The molecule has 190 valence electrons. The molecule has 0 radical (unpaired) electrons. The number of amides is 3. The van der Waals surface area contributed by atoms with Gasteiger partial charge in [0.2, 0.25) is 0 Å². The van der Waals surface area contributed by atoms with E-state index in [0.717, 1.165) is 24.0 Å². The number of halogens is 1. The zero-order chi connectivity index (χ0) is 25.8. The molecule has 0 bridgehead atoms. The molecular weight excluding hydrogens is 463 g/mol. The van der Waals surface area contributed by atoms with Crippen molar-refractivity contribution in [1.29, 1.82) is 0 Å². The summed E-state index contributed by atoms with van der Waals surface area (Å²) in [7, 11) is 3.42. The Morgan fingerprint density at radius 2 is 2.06 bits per heavy atom. The quantitative estimate of drug-likeness (QED) is 0.484. The second kappa shape index (κ2) is 8.81. The topological polar surface area (TPSA) is 89.1 Å². The molecular formula is C27H31FN4O4. The fourth-order valence-electron chi connectivity index (χ4n) is 5.57. The standard InChI is InChI=1S/C27H31FN4O4/c1-5-30(3)10-7-11-31-25(34)27(2)15-19-18-13-22(36-4)20(28)14-21(18)29-23(19)24(32(27)26(31)35)16-8-6-9-17(33)12-16/h6,8-9,12-14,24,29,33H,5,7,10-11,15H2,1-4H3. The van der Waals surface area contributed by atoms with Crippen LogP contribution in [0.25, 0.3) is 10.9 Å². The van der Waals surface area contributed by atoms with Crippen LogP contribution in [0.1, 0.15) is 43.1 Å². The van der Waals surface area contributed by atoms with Gasteiger partial charge in [0.05, 0.1) is 7.11 Å². The molecule has 8 nitrogen and oxygen atoms in total. The van der Waals surface area contributed by atoms with Gasteiger partial charge in [0.15, 0.2) is 11.6 Å². The van der Waals surface area contributed by atoms with Crippen molar-refractivity contribution < 1.29 is 23.8 Å². The van der Waals surface area contributed by atoms with E-state index in [9.17, 15) is 19.1 Å². The summed E-state index contributed by atoms with van der Waals surface area (Å²) in [6, 6.07) is 8.69. The van der Waals surface area contributed by atoms with Crippen LogP contribution in [0, 0.1) is 5.82 Å². The van der Waals surface area contributed by atoms with Gasteiger partial charge in [0.1, 0.15) is 17.3 Å². The van der Waals surface area contributed by atoms with E-state index in [1.165, 1.54) is 18.1 Å². The smallest absolute Gasteiger partial charge is 0.328 e. The van der Waals surface area contributed by atoms with Gasteiger partial charge in [-0.15, -0.1) is 0 Å². The molecule has 2 atom stereocenters. The second-order valence-corrected chi connectivity index (χ2v) is 9.86. The lowest BCUT2D eigenvalue weighted by Crippen LogP contribution is -2.53. The number of hydrogen-bond donors (Lipinski definition) is 2. The minimum absolute atomic E-state index is 0.0579. The van der Waals surface area contributed by atoms with Crippen LogP contribution in [0.15, 0.2) is 36.4 Å². The van der Waals surface area contributed by atoms with E-state index in [1.807, 2.05) is 13.1 Å². The molecule has 0 saturated carbocycles. The normalized spacial score (nSPS) is 21.4. The number of H-pyrrole nitrogens is 1. The third kappa shape index (κ3) is 3.61. The Kier molecular flexibility index (Phi) is 5.90. The minimum atomic E-state index is -1.13. The second-order valence-electron chi connectivity index (χ2n) is 9.86. The van der Waals surface area contributed by atoms with Crippen molar-refractivity contribution >= 4 is 22.8 Å². The summed E-state index contributed by atoms with van der Waals surface area (Å²) in [5, 5.41) is 11.0. The number of phenols is 1. The molecule has 3 amide bonds. The molecule has 9 heteroatoms. The Morgan fingerprint density at radius 1 is 1.28 bits per heavy atom. The van der Waals surface area contributed by atoms with Gasteiger partial charge in [-0.1, -0.05) is 19.1 Å². The summed E-state index contributed by atoms with van der Waals surface area (Å²) in [5.74, 6) is -0.575. The monoisotopic (exact) mass is 494 g/mol. The van der Waals surface area contributed by atoms with Crippen molar-refractivity contribution in [2.75, 3.05) is 33.8 Å². The van der Waals surface area contributed by atoms with Crippen LogP contribution >= 0.6 is 0 Å². The molecule has 2 aromatic carbocycles. The number of carbonyl (C=O) groups excluding carboxylic acids is 2. The van der Waals surface area contributed by atoms with E-state index in [0.29, 0.717) is 29.7 Å². The molecule has 3 heterocycles. The number of fused-ring (bicyclic) bond motifs is 4. The molecule has 2 unspecified atom stereocenters. The van der Waals surface area contributed by atoms with Gasteiger partial charge in [-0.25, -0.2) is 9.18 Å². The van der Waals surface area contributed by atoms with E-state index in [1.54, 1.807) is 36.1 Å². The van der Waals surface area contributed by atoms with Crippen LogP contribution in [0.2, 0.25) is 0 Å². The molecule has 0 spiro atoms. The molecule has 1 aromatic heterocycles. The number of nitrogens with one attached hydrogen (secondary N) is 1. The van der Waals surface area contributed by atoms with E-state index >= 15 is 0 Å². The average Bonchev–Trinajstić information content (AvgIpc) is 3.28. The Balaban J connectivity index is 1.64. The van der Waals surface area contributed by atoms with Gasteiger partial charge in [0.25, 0.3) is 5.91 Å². The van der Waals surface area contributed by atoms with Gasteiger partial charge >= 0.3 is 6.03 Å². The molecule has 36 heavy (non-hydrogen) atoms. The fraction of sp³-hybridized carbons (Fsp3) is 0.407. The third-order valence-corrected chi connectivity index (χ3v) is 7.59. The first-order valence-electron chi connectivity index (χ1n) is 12.2. The number of hydrogen-bond acceptors (Lipinski definition) is 5. The Labute approximate surface area is 209 Å². The number of methoxy groups -OCH3 is 1. The lowest BCUT2D eigenvalue weighted by Gasteiger charge is -2.42. The number of ether oxygens (including phenoxy) is 1. The maximum absolute atomic E-state index is 14.5. The average molecular weight is 495 g/mol. The number of carbonyl (C=O) groups is 2. The highest BCUT2D eigenvalue weighted by Gasteiger charge is 2.60. The summed E-state index contributed by atoms with van der Waals surface area (Å²) >= 11 is 0. The fourth-order valence-corrected chi connectivity index (χ4v) is 5.57. The Morgan fingerprint density at radius 3 is 2.75 bits per heavy atom. The number of aromatic nitrogens is 1. The van der Waals surface area contributed by atoms with Crippen LogP contribution in [0.4, 0.5) is 9.18 Å². The maximum atomic E-state index is 14.5. The Hall–Kier alpha value is -3.59. The number of urea groups is 1. The molecule has 1 fully saturated rings. The summed E-state index contributed by atoms with van der Waals surface area (Å²) in [6.07, 6.45) is 0.954. The highest BCUT2D eigenvalue weighted by Crippen LogP contribution is 2.49. The largest absolute Gasteiger partial charge is 0.508 e. The van der Waals surface area contributed by atoms with Gasteiger partial charge in [-0.3, -0.25) is 14.6 Å². The first kappa shape index (κ1) is 24.1. The van der Waals surface area contributed by atoms with E-state index in [4.69, 9.17) is 4.74 Å². The minimum Gasteiger partial charge on any atom is -0.508 e. The van der Waals surface area contributed by atoms with Crippen molar-refractivity contribution in [3.8, 4) is 11.5 Å². The number of phenolic OH excluding ortho intramolecular Hbond substituents is 1. The van der Waals surface area contributed by atoms with Crippen LogP contribution < -0.4 is 4.74 Å². The molecule has 3 aromatic rings. The third-order valence-electron chi connectivity index (χ3n) is 7.59. The molecule has 5 rings (SSSR count). The van der Waals surface area contributed by atoms with Crippen LogP contribution in [0.5, 0.6) is 11.5 Å². The molecule has 1 saturated heterocycles. The predicted octanol–water partition coefficient (Wildman–Crippen LogP) is 4.03. The summed E-state index contributed by atoms with van der Waals surface area (Å²) in [4.78, 5) is 36.1. The van der Waals surface area contributed by atoms with Crippen molar-refractivity contribution in [2.24, 2.45) is 0 Å². The van der Waals surface area contributed by atoms with Crippen LogP contribution in [-0.4, -0.2) is 76.1 Å². The van der Waals surface area contributed by atoms with E-state index < -0.39 is 17.4 Å². The number of aromatic amines is 1.